The van der Waals surface area contributed by atoms with Crippen LogP contribution in [0.15, 0.2) is 29.2 Å². The van der Waals surface area contributed by atoms with E-state index in [1.54, 1.807) is 23.8 Å². The predicted molar refractivity (Wildman–Crippen MR) is 88.2 cm³/mol. The number of thioether (sulfide) groups is 1. The normalized spacial score (nSPS) is 15.1. The number of rotatable bonds is 6. The number of hydrogen-bond donors (Lipinski definition) is 1. The van der Waals surface area contributed by atoms with E-state index in [1.807, 2.05) is 31.2 Å². The van der Waals surface area contributed by atoms with E-state index < -0.39 is 0 Å². The molecule has 120 valence electrons. The molecule has 0 unspecified atom stereocenters. The first kappa shape index (κ1) is 16.8. The largest absolute Gasteiger partial charge is 0.383 e. The van der Waals surface area contributed by atoms with Gasteiger partial charge in [-0.25, -0.2) is 0 Å². The molecule has 0 saturated carbocycles. The Morgan fingerprint density at radius 1 is 1.36 bits per heavy atom. The van der Waals surface area contributed by atoms with Gasteiger partial charge in [0.1, 0.15) is 0 Å². The monoisotopic (exact) mass is 322 g/mol. The van der Waals surface area contributed by atoms with Gasteiger partial charge in [0.25, 0.3) is 0 Å². The summed E-state index contributed by atoms with van der Waals surface area (Å²) >= 11 is 1.76. The van der Waals surface area contributed by atoms with E-state index >= 15 is 0 Å². The number of nitrogens with one attached hydrogen (secondary N) is 1. The van der Waals surface area contributed by atoms with Gasteiger partial charge >= 0.3 is 0 Å². The quantitative estimate of drug-likeness (QED) is 0.871. The highest BCUT2D eigenvalue weighted by molar-refractivity contribution is 7.99. The fourth-order valence-electron chi connectivity index (χ4n) is 2.42. The highest BCUT2D eigenvalue weighted by Gasteiger charge is 2.23. The number of nitrogens with zero attached hydrogens (tertiary/aromatic N) is 1. The first-order valence-corrected chi connectivity index (χ1v) is 8.41. The topological polar surface area (TPSA) is 58.6 Å². The van der Waals surface area contributed by atoms with Crippen molar-refractivity contribution in [1.82, 2.24) is 5.32 Å². The molecule has 0 fully saturated rings. The van der Waals surface area contributed by atoms with E-state index in [9.17, 15) is 9.59 Å². The summed E-state index contributed by atoms with van der Waals surface area (Å²) in [5.74, 6) is 0.777. The molecule has 1 aliphatic rings. The van der Waals surface area contributed by atoms with Gasteiger partial charge in [-0.2, -0.15) is 0 Å². The Morgan fingerprint density at radius 3 is 2.91 bits per heavy atom. The molecule has 5 nitrogen and oxygen atoms in total. The average Bonchev–Trinajstić information content (AvgIpc) is 2.52. The van der Waals surface area contributed by atoms with Crippen LogP contribution in [0.5, 0.6) is 0 Å². The molecule has 1 N–H and O–H groups in total. The minimum atomic E-state index is -0.113. The second-order valence-corrected chi connectivity index (χ2v) is 6.42. The number of methoxy groups -OCH3 is 1. The van der Waals surface area contributed by atoms with Crippen LogP contribution in [-0.2, 0) is 14.3 Å². The maximum absolute atomic E-state index is 12.4. The molecule has 0 bridgehead atoms. The molecule has 1 aromatic rings. The molecule has 2 amide bonds. The number of ether oxygens (including phenoxy) is 1. The number of fused-ring (bicyclic) bond motifs is 1. The smallest absolute Gasteiger partial charge is 0.227 e. The van der Waals surface area contributed by atoms with Gasteiger partial charge < -0.3 is 15.0 Å². The van der Waals surface area contributed by atoms with Crippen molar-refractivity contribution in [2.75, 3.05) is 30.9 Å². The van der Waals surface area contributed by atoms with Crippen LogP contribution in [0.3, 0.4) is 0 Å². The molecule has 22 heavy (non-hydrogen) atoms. The van der Waals surface area contributed by atoms with E-state index in [-0.39, 0.29) is 30.7 Å². The zero-order valence-electron chi connectivity index (χ0n) is 13.0. The SMILES string of the molecule is COC[C@H](C)NC(=O)CCC(=O)N1CCSc2ccccc21. The fraction of sp³-hybridized carbons (Fsp3) is 0.500. The van der Waals surface area contributed by atoms with Crippen molar-refractivity contribution in [2.45, 2.75) is 30.7 Å². The van der Waals surface area contributed by atoms with Crippen LogP contribution in [0, 0.1) is 0 Å². The Kier molecular flexibility index (Phi) is 6.27. The molecular weight excluding hydrogens is 300 g/mol. The van der Waals surface area contributed by atoms with Crippen molar-refractivity contribution in [3.8, 4) is 0 Å². The van der Waals surface area contributed by atoms with Crippen molar-refractivity contribution in [3.63, 3.8) is 0 Å². The fourth-order valence-corrected chi connectivity index (χ4v) is 3.42. The Morgan fingerprint density at radius 2 is 2.14 bits per heavy atom. The van der Waals surface area contributed by atoms with Gasteiger partial charge in [0.05, 0.1) is 12.3 Å². The number of carbonyl (C=O) groups is 2. The van der Waals surface area contributed by atoms with E-state index in [0.717, 1.165) is 16.3 Å². The van der Waals surface area contributed by atoms with Crippen molar-refractivity contribution >= 4 is 29.3 Å². The maximum atomic E-state index is 12.4. The Bertz CT molecular complexity index is 536. The molecule has 0 radical (unpaired) electrons. The minimum absolute atomic E-state index is 0.00212. The Hall–Kier alpha value is -1.53. The van der Waals surface area contributed by atoms with Crippen LogP contribution < -0.4 is 10.2 Å². The van der Waals surface area contributed by atoms with Gasteiger partial charge in [-0.05, 0) is 19.1 Å². The predicted octanol–water partition coefficient (Wildman–Crippen LogP) is 2.06. The summed E-state index contributed by atoms with van der Waals surface area (Å²) in [6.07, 6.45) is 0.434. The van der Waals surface area contributed by atoms with Gasteiger partial charge in [-0.15, -0.1) is 11.8 Å². The molecule has 1 aromatic carbocycles. The lowest BCUT2D eigenvalue weighted by atomic mass is 10.2. The maximum Gasteiger partial charge on any atom is 0.227 e. The lowest BCUT2D eigenvalue weighted by molar-refractivity contribution is -0.125. The molecule has 1 heterocycles. The van der Waals surface area contributed by atoms with Crippen LogP contribution in [0.25, 0.3) is 0 Å². The van der Waals surface area contributed by atoms with Gasteiger partial charge in [-0.1, -0.05) is 12.1 Å². The van der Waals surface area contributed by atoms with Crippen LogP contribution in [0.2, 0.25) is 0 Å². The summed E-state index contributed by atoms with van der Waals surface area (Å²) in [6.45, 7) is 3.04. The number of hydrogen-bond acceptors (Lipinski definition) is 4. The highest BCUT2D eigenvalue weighted by atomic mass is 32.2. The lowest BCUT2D eigenvalue weighted by Gasteiger charge is -2.29. The third-order valence-corrected chi connectivity index (χ3v) is 4.46. The molecule has 6 heteroatoms. The molecule has 0 saturated heterocycles. The summed E-state index contributed by atoms with van der Waals surface area (Å²) in [5, 5.41) is 2.82. The first-order chi connectivity index (χ1) is 10.6. The Balaban J connectivity index is 1.87. The number of anilines is 1. The van der Waals surface area contributed by atoms with Crippen LogP contribution in [0.4, 0.5) is 5.69 Å². The first-order valence-electron chi connectivity index (χ1n) is 7.42. The average molecular weight is 322 g/mol. The third kappa shape index (κ3) is 4.48. The summed E-state index contributed by atoms with van der Waals surface area (Å²) in [5.41, 5.74) is 0.955. The molecule has 1 atom stereocenters. The molecule has 1 aliphatic heterocycles. The zero-order chi connectivity index (χ0) is 15.9. The zero-order valence-corrected chi connectivity index (χ0v) is 13.8. The van der Waals surface area contributed by atoms with Gasteiger partial charge in [-0.3, -0.25) is 9.59 Å². The summed E-state index contributed by atoms with van der Waals surface area (Å²) in [6, 6.07) is 7.85. The molecule has 2 rings (SSSR count). The molecular formula is C16H22N2O3S. The molecule has 0 aliphatic carbocycles. The lowest BCUT2D eigenvalue weighted by Crippen LogP contribution is -2.38. The third-order valence-electron chi connectivity index (χ3n) is 3.42. The van der Waals surface area contributed by atoms with Crippen LogP contribution in [-0.4, -0.2) is 43.9 Å². The second-order valence-electron chi connectivity index (χ2n) is 5.29. The van der Waals surface area contributed by atoms with E-state index in [4.69, 9.17) is 4.74 Å². The van der Waals surface area contributed by atoms with Crippen LogP contribution in [0.1, 0.15) is 19.8 Å². The standard InChI is InChI=1S/C16H22N2O3S/c1-12(11-21-2)17-15(19)7-8-16(20)18-9-10-22-14-6-4-3-5-13(14)18/h3-6,12H,7-11H2,1-2H3,(H,17,19)/t12-/m0/s1. The molecule has 0 spiro atoms. The van der Waals surface area contributed by atoms with Gasteiger partial charge in [0, 0.05) is 43.2 Å². The number of amides is 2. The van der Waals surface area contributed by atoms with Gasteiger partial charge in [0.15, 0.2) is 0 Å². The van der Waals surface area contributed by atoms with E-state index in [2.05, 4.69) is 5.32 Å². The van der Waals surface area contributed by atoms with Gasteiger partial charge in [0.2, 0.25) is 11.8 Å². The number of benzene rings is 1. The second kappa shape index (κ2) is 8.19. The summed E-state index contributed by atoms with van der Waals surface area (Å²) in [4.78, 5) is 27.1. The number of carbonyl (C=O) groups excluding carboxylic acids is 2. The van der Waals surface area contributed by atoms with E-state index in [0.29, 0.717) is 13.2 Å². The highest BCUT2D eigenvalue weighted by Crippen LogP contribution is 2.34. The summed E-state index contributed by atoms with van der Waals surface area (Å²) < 4.78 is 4.97. The molecule has 0 aromatic heterocycles. The minimum Gasteiger partial charge on any atom is -0.383 e. The summed E-state index contributed by atoms with van der Waals surface area (Å²) in [7, 11) is 1.60. The van der Waals surface area contributed by atoms with E-state index in [1.165, 1.54) is 0 Å². The Labute approximate surface area is 135 Å². The number of para-hydroxylation sites is 1. The van der Waals surface area contributed by atoms with Crippen molar-refractivity contribution in [3.05, 3.63) is 24.3 Å². The van der Waals surface area contributed by atoms with Crippen molar-refractivity contribution < 1.29 is 14.3 Å². The van der Waals surface area contributed by atoms with Crippen LogP contribution >= 0.6 is 11.8 Å². The van der Waals surface area contributed by atoms with Crippen molar-refractivity contribution in [2.24, 2.45) is 0 Å². The van der Waals surface area contributed by atoms with Crippen molar-refractivity contribution in [1.29, 1.82) is 0 Å².